The fourth-order valence-electron chi connectivity index (χ4n) is 4.88. The molecule has 0 saturated carbocycles. The molecule has 4 aromatic carbocycles. The summed E-state index contributed by atoms with van der Waals surface area (Å²) in [4.78, 5) is 38.5. The summed E-state index contributed by atoms with van der Waals surface area (Å²) >= 11 is 5.95. The molecule has 4 N–H and O–H groups in total. The van der Waals surface area contributed by atoms with E-state index in [4.69, 9.17) is 16.3 Å². The number of amides is 2. The van der Waals surface area contributed by atoms with Gasteiger partial charge >= 0.3 is 17.5 Å². The normalized spacial score (nSPS) is 12.4. The summed E-state index contributed by atoms with van der Waals surface area (Å²) in [6, 6.07) is 20.2. The highest BCUT2D eigenvalue weighted by Crippen LogP contribution is 2.37. The molecule has 5 rings (SSSR count). The summed E-state index contributed by atoms with van der Waals surface area (Å²) < 4.78 is 59.7. The Hall–Kier alpha value is -4.76. The van der Waals surface area contributed by atoms with Crippen molar-refractivity contribution < 1.29 is 41.8 Å². The first-order valence-corrected chi connectivity index (χ1v) is 15.7. The summed E-state index contributed by atoms with van der Waals surface area (Å²) in [6.07, 6.45) is 0.624. The predicted molar refractivity (Wildman–Crippen MR) is 186 cm³/mol. The Bertz CT molecular complexity index is 2000. The van der Waals surface area contributed by atoms with Crippen molar-refractivity contribution >= 4 is 76.0 Å². The molecule has 0 saturated heterocycles. The number of ether oxygens (including phenoxy) is 1. The molecule has 9 nitrogen and oxygen atoms in total. The van der Waals surface area contributed by atoms with Gasteiger partial charge in [-0.05, 0) is 72.3 Å². The summed E-state index contributed by atoms with van der Waals surface area (Å²) in [7, 11) is 0. The van der Waals surface area contributed by atoms with Gasteiger partial charge in [0.15, 0.2) is 6.04 Å². The first-order chi connectivity index (χ1) is 23.3. The molecule has 0 bridgehead atoms. The van der Waals surface area contributed by atoms with Crippen LogP contribution in [0, 0.1) is 5.82 Å². The van der Waals surface area contributed by atoms with E-state index in [1.807, 2.05) is 6.07 Å². The predicted octanol–water partition coefficient (Wildman–Crippen LogP) is 9.13. The second-order valence-corrected chi connectivity index (χ2v) is 12.2. The van der Waals surface area contributed by atoms with Crippen LogP contribution in [0.3, 0.4) is 0 Å². The number of urea groups is 1. The molecular formula is C34H28Cl2F4N4O5S. The highest BCUT2D eigenvalue weighted by Gasteiger charge is 2.30. The van der Waals surface area contributed by atoms with Crippen LogP contribution in [-0.2, 0) is 11.3 Å². The van der Waals surface area contributed by atoms with Crippen LogP contribution in [0.25, 0.3) is 10.9 Å². The number of carbonyl (C=O) groups is 3. The van der Waals surface area contributed by atoms with Crippen LogP contribution in [0.5, 0.6) is 5.75 Å². The number of hydrogen-bond donors (Lipinski definition) is 4. The van der Waals surface area contributed by atoms with Crippen LogP contribution < -0.4 is 20.7 Å². The van der Waals surface area contributed by atoms with E-state index in [-0.39, 0.29) is 63.3 Å². The zero-order valence-electron chi connectivity index (χ0n) is 25.8. The van der Waals surface area contributed by atoms with E-state index in [0.29, 0.717) is 10.9 Å². The quantitative estimate of drug-likeness (QED) is 0.0604. The highest BCUT2D eigenvalue weighted by atomic mass is 35.5. The third-order valence-electron chi connectivity index (χ3n) is 7.18. The molecule has 0 aliphatic heterocycles. The molecular weight excluding hydrogens is 723 g/mol. The smallest absolute Gasteiger partial charge is 0.446 e. The molecule has 5 aromatic rings. The fourth-order valence-corrected chi connectivity index (χ4v) is 5.59. The molecule has 50 heavy (non-hydrogen) atoms. The van der Waals surface area contributed by atoms with E-state index in [1.54, 1.807) is 31.2 Å². The molecule has 262 valence electrons. The van der Waals surface area contributed by atoms with Gasteiger partial charge in [0.25, 0.3) is 5.91 Å². The number of carbonyl (C=O) groups excluding carboxylic acids is 2. The van der Waals surface area contributed by atoms with Crippen molar-refractivity contribution in [3.8, 4) is 5.75 Å². The fraction of sp³-hybridized carbons (Fsp3) is 0.147. The minimum atomic E-state index is -4.41. The van der Waals surface area contributed by atoms with Gasteiger partial charge in [0.1, 0.15) is 17.7 Å². The SMILES string of the molecule is CC(Oc1ccc(NC(=O)Nc2cn(C(=O)C(NCc3ccccc3)C(=O)O)c3ccc(Cl)cc23)c(F)c1)c1ccc(SC(F)(F)F)cc1.Cl. The second kappa shape index (κ2) is 16.3. The van der Waals surface area contributed by atoms with Crippen molar-refractivity contribution in [1.82, 2.24) is 9.88 Å². The summed E-state index contributed by atoms with van der Waals surface area (Å²) in [5, 5.41) is 18.1. The molecule has 2 amide bonds. The maximum absolute atomic E-state index is 15.0. The van der Waals surface area contributed by atoms with Gasteiger partial charge in [0.05, 0.1) is 16.9 Å². The lowest BCUT2D eigenvalue weighted by Crippen LogP contribution is -2.45. The van der Waals surface area contributed by atoms with Gasteiger partial charge in [-0.2, -0.15) is 13.2 Å². The summed E-state index contributed by atoms with van der Waals surface area (Å²) in [6.45, 7) is 1.75. The third-order valence-corrected chi connectivity index (χ3v) is 8.16. The topological polar surface area (TPSA) is 122 Å². The number of thioether (sulfide) groups is 1. The number of nitrogens with one attached hydrogen (secondary N) is 3. The zero-order valence-corrected chi connectivity index (χ0v) is 28.2. The van der Waals surface area contributed by atoms with Crippen LogP contribution in [0.1, 0.15) is 28.9 Å². The average Bonchev–Trinajstić information content (AvgIpc) is 3.39. The maximum atomic E-state index is 15.0. The number of nitrogens with zero attached hydrogens (tertiary/aromatic N) is 1. The van der Waals surface area contributed by atoms with Gasteiger partial charge in [-0.25, -0.2) is 14.0 Å². The van der Waals surface area contributed by atoms with Gasteiger partial charge in [-0.15, -0.1) is 12.4 Å². The van der Waals surface area contributed by atoms with Crippen LogP contribution in [0.4, 0.5) is 33.7 Å². The third kappa shape index (κ3) is 9.69. The first kappa shape index (κ1) is 38.0. The summed E-state index contributed by atoms with van der Waals surface area (Å²) in [5.41, 5.74) is -2.92. The number of halogens is 6. The monoisotopic (exact) mass is 750 g/mol. The Labute approximate surface area is 298 Å². The molecule has 0 fully saturated rings. The van der Waals surface area contributed by atoms with Crippen molar-refractivity contribution in [2.24, 2.45) is 0 Å². The lowest BCUT2D eigenvalue weighted by atomic mass is 10.1. The van der Waals surface area contributed by atoms with Gasteiger partial charge in [-0.3, -0.25) is 14.7 Å². The first-order valence-electron chi connectivity index (χ1n) is 14.5. The van der Waals surface area contributed by atoms with Crippen molar-refractivity contribution in [1.29, 1.82) is 0 Å². The minimum absolute atomic E-state index is 0. The van der Waals surface area contributed by atoms with E-state index in [2.05, 4.69) is 16.0 Å². The number of fused-ring (bicyclic) bond motifs is 1. The van der Waals surface area contributed by atoms with Crippen molar-refractivity contribution in [3.63, 3.8) is 0 Å². The van der Waals surface area contributed by atoms with Crippen molar-refractivity contribution in [2.75, 3.05) is 10.6 Å². The van der Waals surface area contributed by atoms with E-state index >= 15 is 4.39 Å². The molecule has 0 radical (unpaired) electrons. The van der Waals surface area contributed by atoms with Crippen LogP contribution in [0.15, 0.2) is 102 Å². The average molecular weight is 752 g/mol. The van der Waals surface area contributed by atoms with E-state index < -0.39 is 41.4 Å². The van der Waals surface area contributed by atoms with Gasteiger partial charge in [0.2, 0.25) is 0 Å². The van der Waals surface area contributed by atoms with Crippen molar-refractivity contribution in [2.45, 2.75) is 36.0 Å². The Balaban J connectivity index is 0.00000562. The largest absolute Gasteiger partial charge is 0.486 e. The molecule has 16 heteroatoms. The maximum Gasteiger partial charge on any atom is 0.446 e. The lowest BCUT2D eigenvalue weighted by Gasteiger charge is -2.16. The number of alkyl halides is 3. The molecule has 2 unspecified atom stereocenters. The number of carboxylic acids is 1. The second-order valence-electron chi connectivity index (χ2n) is 10.6. The molecule has 1 aromatic heterocycles. The van der Waals surface area contributed by atoms with E-state index in [0.717, 1.165) is 16.2 Å². The number of rotatable bonds is 11. The number of anilines is 2. The molecule has 0 aliphatic carbocycles. The Morgan fingerprint density at radius 1 is 0.940 bits per heavy atom. The Morgan fingerprint density at radius 3 is 2.26 bits per heavy atom. The van der Waals surface area contributed by atoms with Gasteiger partial charge in [0, 0.05) is 34.1 Å². The standard InChI is InChI=1S/C34H27ClF4N4O5S.ClH/c1-19(21-7-11-24(12-8-21)49-34(37,38)39)48-23-10-13-27(26(36)16-23)41-33(47)42-28-18-43(29-14-9-22(35)15-25(28)29)31(44)30(32(45)46)40-17-20-5-3-2-4-6-20;/h2-16,18-19,30,40H,17H2,1H3,(H,45,46)(H2,41,42,47);1H. The number of aliphatic carboxylic acids is 1. The highest BCUT2D eigenvalue weighted by molar-refractivity contribution is 8.00. The van der Waals surface area contributed by atoms with Crippen LogP contribution >= 0.6 is 35.8 Å². The van der Waals surface area contributed by atoms with Crippen LogP contribution in [-0.4, -0.2) is 39.1 Å². The minimum Gasteiger partial charge on any atom is -0.486 e. The molecule has 2 atom stereocenters. The lowest BCUT2D eigenvalue weighted by molar-refractivity contribution is -0.138. The van der Waals surface area contributed by atoms with Gasteiger partial charge < -0.3 is 20.5 Å². The molecule has 0 aliphatic rings. The Morgan fingerprint density at radius 2 is 1.62 bits per heavy atom. The number of hydrogen-bond acceptors (Lipinski definition) is 6. The van der Waals surface area contributed by atoms with E-state index in [1.165, 1.54) is 60.8 Å². The van der Waals surface area contributed by atoms with Crippen molar-refractivity contribution in [3.05, 3.63) is 119 Å². The number of benzene rings is 4. The number of carboxylic acid groups (broad SMARTS) is 1. The van der Waals surface area contributed by atoms with Crippen LogP contribution in [0.2, 0.25) is 5.02 Å². The van der Waals surface area contributed by atoms with Gasteiger partial charge in [-0.1, -0.05) is 54.1 Å². The molecule has 1 heterocycles. The van der Waals surface area contributed by atoms with E-state index in [9.17, 15) is 32.7 Å². The summed E-state index contributed by atoms with van der Waals surface area (Å²) in [5.74, 6) is -2.96. The number of aromatic nitrogens is 1. The Kier molecular flexibility index (Phi) is 12.4. The zero-order chi connectivity index (χ0) is 35.3. The molecule has 0 spiro atoms.